The van der Waals surface area contributed by atoms with Crippen molar-refractivity contribution in [3.63, 3.8) is 0 Å². The summed E-state index contributed by atoms with van der Waals surface area (Å²) in [5, 5.41) is 13.9. The van der Waals surface area contributed by atoms with E-state index in [1.54, 1.807) is 23.5 Å². The first-order valence-corrected chi connectivity index (χ1v) is 11.5. The summed E-state index contributed by atoms with van der Waals surface area (Å²) in [6.07, 6.45) is 0.968. The second kappa shape index (κ2) is 8.61. The molecule has 3 heterocycles. The molecule has 1 aliphatic heterocycles. The van der Waals surface area contributed by atoms with Gasteiger partial charge >= 0.3 is 0 Å². The minimum absolute atomic E-state index is 0.0525. The van der Waals surface area contributed by atoms with Crippen LogP contribution in [-0.2, 0) is 5.60 Å². The number of anilines is 1. The second-order valence-electron chi connectivity index (χ2n) is 8.28. The fraction of sp³-hybridized carbons (Fsp3) is 0.333. The van der Waals surface area contributed by atoms with Gasteiger partial charge in [-0.15, -0.1) is 11.3 Å². The highest BCUT2D eigenvalue weighted by atomic mass is 35.5. The van der Waals surface area contributed by atoms with Crippen molar-refractivity contribution in [3.05, 3.63) is 69.6 Å². The van der Waals surface area contributed by atoms with Crippen molar-refractivity contribution in [1.82, 2.24) is 9.88 Å². The quantitative estimate of drug-likeness (QED) is 0.604. The van der Waals surface area contributed by atoms with Crippen molar-refractivity contribution >= 4 is 34.7 Å². The van der Waals surface area contributed by atoms with E-state index in [0.29, 0.717) is 42.3 Å². The first-order chi connectivity index (χ1) is 14.8. The molecule has 2 aromatic heterocycles. The van der Waals surface area contributed by atoms with Crippen LogP contribution in [0.2, 0.25) is 5.02 Å². The van der Waals surface area contributed by atoms with E-state index in [1.807, 2.05) is 48.2 Å². The van der Waals surface area contributed by atoms with Gasteiger partial charge in [0, 0.05) is 32.2 Å². The summed E-state index contributed by atoms with van der Waals surface area (Å²) in [5.74, 6) is 0.607. The van der Waals surface area contributed by atoms with Crippen molar-refractivity contribution in [2.45, 2.75) is 25.4 Å². The van der Waals surface area contributed by atoms with Gasteiger partial charge in [0.15, 0.2) is 0 Å². The molecule has 1 aromatic carbocycles. The Morgan fingerprint density at radius 2 is 1.84 bits per heavy atom. The number of carbonyl (C=O) groups is 1. The average Bonchev–Trinajstić information content (AvgIpc) is 3.20. The Morgan fingerprint density at radius 3 is 2.42 bits per heavy atom. The molecule has 4 rings (SSSR count). The topological polar surface area (TPSA) is 56.7 Å². The van der Waals surface area contributed by atoms with E-state index < -0.39 is 5.60 Å². The largest absolute Gasteiger partial charge is 0.385 e. The van der Waals surface area contributed by atoms with Gasteiger partial charge in [-0.25, -0.2) is 4.98 Å². The van der Waals surface area contributed by atoms with Crippen LogP contribution < -0.4 is 4.90 Å². The highest BCUT2D eigenvalue weighted by molar-refractivity contribution is 7.13. The van der Waals surface area contributed by atoms with Gasteiger partial charge in [0.1, 0.15) is 5.82 Å². The van der Waals surface area contributed by atoms with Crippen LogP contribution in [-0.4, -0.2) is 48.1 Å². The molecule has 0 unspecified atom stereocenters. The third-order valence-corrected chi connectivity index (χ3v) is 7.09. The molecule has 5 nitrogen and oxygen atoms in total. The fourth-order valence-corrected chi connectivity index (χ4v) is 4.95. The Morgan fingerprint density at radius 1 is 1.16 bits per heavy atom. The summed E-state index contributed by atoms with van der Waals surface area (Å²) >= 11 is 7.63. The molecule has 162 valence electrons. The van der Waals surface area contributed by atoms with Gasteiger partial charge in [-0.2, -0.15) is 0 Å². The Balaban J connectivity index is 1.54. The van der Waals surface area contributed by atoms with Gasteiger partial charge in [0.25, 0.3) is 5.91 Å². The number of thiophene rings is 1. The summed E-state index contributed by atoms with van der Waals surface area (Å²) in [7, 11) is 3.80. The number of nitrogens with zero attached hydrogens (tertiary/aromatic N) is 3. The zero-order chi connectivity index (χ0) is 22.2. The van der Waals surface area contributed by atoms with Crippen LogP contribution in [0.25, 0.3) is 10.6 Å². The van der Waals surface area contributed by atoms with Crippen LogP contribution in [0.4, 0.5) is 5.82 Å². The minimum Gasteiger partial charge on any atom is -0.385 e. The summed E-state index contributed by atoms with van der Waals surface area (Å²) in [4.78, 5) is 22.9. The van der Waals surface area contributed by atoms with Crippen molar-refractivity contribution in [1.29, 1.82) is 0 Å². The molecular formula is C24H26ClN3O2S. The van der Waals surface area contributed by atoms with E-state index in [0.717, 1.165) is 16.1 Å². The molecule has 0 saturated carbocycles. The molecule has 31 heavy (non-hydrogen) atoms. The second-order valence-corrected chi connectivity index (χ2v) is 9.63. The van der Waals surface area contributed by atoms with E-state index in [-0.39, 0.29) is 5.91 Å². The highest BCUT2D eigenvalue weighted by Crippen LogP contribution is 2.35. The lowest BCUT2D eigenvalue weighted by molar-refractivity contribution is -0.0211. The number of amides is 1. The number of hydrogen-bond donors (Lipinski definition) is 1. The number of halogens is 1. The van der Waals surface area contributed by atoms with Crippen LogP contribution in [0, 0.1) is 6.92 Å². The number of piperidine rings is 1. The molecule has 7 heteroatoms. The maximum absolute atomic E-state index is 13.3. The number of aryl methyl sites for hydroxylation is 1. The molecule has 0 spiro atoms. The number of rotatable bonds is 4. The molecule has 0 atom stereocenters. The Bertz CT molecular complexity index is 1090. The number of benzene rings is 1. The number of pyridine rings is 1. The predicted octanol–water partition coefficient (Wildman–Crippen LogP) is 4.96. The Hall–Kier alpha value is -2.41. The fourth-order valence-electron chi connectivity index (χ4n) is 3.96. The average molecular weight is 456 g/mol. The molecule has 0 bridgehead atoms. The van der Waals surface area contributed by atoms with Gasteiger partial charge in [-0.3, -0.25) is 4.79 Å². The molecule has 3 aromatic rings. The third kappa shape index (κ3) is 4.47. The normalized spacial score (nSPS) is 15.7. The predicted molar refractivity (Wildman–Crippen MR) is 127 cm³/mol. The van der Waals surface area contributed by atoms with E-state index >= 15 is 0 Å². The van der Waals surface area contributed by atoms with Gasteiger partial charge < -0.3 is 14.9 Å². The lowest BCUT2D eigenvalue weighted by Crippen LogP contribution is -2.45. The van der Waals surface area contributed by atoms with Crippen molar-refractivity contribution in [2.24, 2.45) is 0 Å². The van der Waals surface area contributed by atoms with Crippen LogP contribution in [0.1, 0.15) is 34.3 Å². The van der Waals surface area contributed by atoms with Crippen LogP contribution >= 0.6 is 22.9 Å². The molecule has 1 aliphatic rings. The monoisotopic (exact) mass is 455 g/mol. The molecule has 1 saturated heterocycles. The van der Waals surface area contributed by atoms with E-state index in [4.69, 9.17) is 16.6 Å². The molecule has 0 radical (unpaired) electrons. The lowest BCUT2D eigenvalue weighted by Gasteiger charge is -2.38. The summed E-state index contributed by atoms with van der Waals surface area (Å²) in [6, 6.07) is 13.2. The van der Waals surface area contributed by atoms with Crippen LogP contribution in [0.5, 0.6) is 0 Å². The smallest absolute Gasteiger partial charge is 0.257 e. The van der Waals surface area contributed by atoms with E-state index in [9.17, 15) is 9.90 Å². The maximum Gasteiger partial charge on any atom is 0.257 e. The molecular weight excluding hydrogens is 430 g/mol. The van der Waals surface area contributed by atoms with Crippen LogP contribution in [0.15, 0.2) is 47.8 Å². The number of carbonyl (C=O) groups excluding carboxylic acids is 1. The van der Waals surface area contributed by atoms with Gasteiger partial charge in [-0.1, -0.05) is 23.7 Å². The number of aliphatic hydroxyl groups is 1. The van der Waals surface area contributed by atoms with Gasteiger partial charge in [-0.05, 0) is 66.6 Å². The summed E-state index contributed by atoms with van der Waals surface area (Å²) in [6.45, 7) is 3.03. The van der Waals surface area contributed by atoms with Gasteiger partial charge in [0.05, 0.1) is 21.7 Å². The number of likely N-dealkylation sites (tertiary alicyclic amines) is 1. The van der Waals surface area contributed by atoms with E-state index in [2.05, 4.69) is 18.4 Å². The maximum atomic E-state index is 13.3. The molecule has 1 N–H and O–H groups in total. The highest BCUT2D eigenvalue weighted by Gasteiger charge is 2.36. The first-order valence-electron chi connectivity index (χ1n) is 10.3. The number of aromatic nitrogens is 1. The standard InChI is InChI=1S/C24H26ClN3O2S/c1-16-14-21(31-15-16)20-9-8-19(22(26-20)27(2)3)23(29)28-12-10-24(30,11-13-28)17-4-6-18(25)7-5-17/h4-9,14-15,30H,10-13H2,1-3H3. The number of hydrogen-bond acceptors (Lipinski definition) is 5. The zero-order valence-electron chi connectivity index (χ0n) is 17.9. The summed E-state index contributed by atoms with van der Waals surface area (Å²) < 4.78 is 0. The van der Waals surface area contributed by atoms with Crippen molar-refractivity contribution in [2.75, 3.05) is 32.1 Å². The first kappa shape index (κ1) is 21.8. The molecule has 1 fully saturated rings. The minimum atomic E-state index is -0.940. The van der Waals surface area contributed by atoms with Crippen molar-refractivity contribution in [3.8, 4) is 10.6 Å². The van der Waals surface area contributed by atoms with Crippen molar-refractivity contribution < 1.29 is 9.90 Å². The SMILES string of the molecule is Cc1csc(-c2ccc(C(=O)N3CCC(O)(c4ccc(Cl)cc4)CC3)c(N(C)C)n2)c1. The Kier molecular flexibility index (Phi) is 6.06. The molecule has 0 aliphatic carbocycles. The van der Waals surface area contributed by atoms with Crippen LogP contribution in [0.3, 0.4) is 0 Å². The third-order valence-electron chi connectivity index (χ3n) is 5.77. The summed E-state index contributed by atoms with van der Waals surface area (Å²) in [5.41, 5.74) is 2.56. The Labute approximate surface area is 191 Å². The lowest BCUT2D eigenvalue weighted by atomic mass is 9.84. The van der Waals surface area contributed by atoms with E-state index in [1.165, 1.54) is 5.56 Å². The van der Waals surface area contributed by atoms with Gasteiger partial charge in [0.2, 0.25) is 0 Å². The zero-order valence-corrected chi connectivity index (χ0v) is 19.5. The molecule has 1 amide bonds.